The SMILES string of the molecule is CCOc1cc(Cl)ccc1CNC(=O)N(C)CC(C)C(=O)O. The summed E-state index contributed by atoms with van der Waals surface area (Å²) in [6.45, 7) is 4.33. The Kier molecular flexibility index (Phi) is 6.98. The number of nitrogens with zero attached hydrogens (tertiary/aromatic N) is 1. The molecule has 0 saturated heterocycles. The molecule has 0 saturated carbocycles. The van der Waals surface area contributed by atoms with E-state index in [0.717, 1.165) is 5.56 Å². The summed E-state index contributed by atoms with van der Waals surface area (Å²) in [5.74, 6) is -0.932. The number of aliphatic carboxylic acids is 1. The van der Waals surface area contributed by atoms with E-state index in [1.54, 1.807) is 32.2 Å². The number of rotatable bonds is 7. The van der Waals surface area contributed by atoms with E-state index in [0.29, 0.717) is 17.4 Å². The summed E-state index contributed by atoms with van der Waals surface area (Å²) in [4.78, 5) is 24.1. The number of ether oxygens (including phenoxy) is 1. The summed E-state index contributed by atoms with van der Waals surface area (Å²) in [5.41, 5.74) is 0.805. The van der Waals surface area contributed by atoms with Crippen LogP contribution in [0.15, 0.2) is 18.2 Å². The molecule has 1 aromatic rings. The molecule has 22 heavy (non-hydrogen) atoms. The summed E-state index contributed by atoms with van der Waals surface area (Å²) in [6, 6.07) is 4.86. The van der Waals surface area contributed by atoms with Crippen molar-refractivity contribution in [1.82, 2.24) is 10.2 Å². The van der Waals surface area contributed by atoms with Crippen LogP contribution in [0.25, 0.3) is 0 Å². The lowest BCUT2D eigenvalue weighted by Crippen LogP contribution is -2.40. The molecule has 1 rings (SSSR count). The van der Waals surface area contributed by atoms with Crippen molar-refractivity contribution in [1.29, 1.82) is 0 Å². The van der Waals surface area contributed by atoms with Crippen LogP contribution in [0.3, 0.4) is 0 Å². The van der Waals surface area contributed by atoms with Crippen molar-refractivity contribution in [3.63, 3.8) is 0 Å². The molecule has 0 aliphatic heterocycles. The molecule has 2 N–H and O–H groups in total. The van der Waals surface area contributed by atoms with Gasteiger partial charge in [-0.1, -0.05) is 24.6 Å². The van der Waals surface area contributed by atoms with Gasteiger partial charge in [-0.25, -0.2) is 4.79 Å². The maximum Gasteiger partial charge on any atom is 0.317 e. The van der Waals surface area contributed by atoms with Gasteiger partial charge < -0.3 is 20.1 Å². The zero-order valence-corrected chi connectivity index (χ0v) is 13.7. The fourth-order valence-corrected chi connectivity index (χ4v) is 2.00. The summed E-state index contributed by atoms with van der Waals surface area (Å²) in [7, 11) is 1.56. The van der Waals surface area contributed by atoms with E-state index in [1.807, 2.05) is 6.92 Å². The molecule has 0 aliphatic carbocycles. The number of carbonyl (C=O) groups excluding carboxylic acids is 1. The van der Waals surface area contributed by atoms with Gasteiger partial charge in [0.25, 0.3) is 0 Å². The van der Waals surface area contributed by atoms with Crippen LogP contribution in [0.4, 0.5) is 4.79 Å². The highest BCUT2D eigenvalue weighted by Gasteiger charge is 2.17. The number of amides is 2. The molecule has 1 aromatic carbocycles. The highest BCUT2D eigenvalue weighted by Crippen LogP contribution is 2.23. The Bertz CT molecular complexity index is 536. The minimum Gasteiger partial charge on any atom is -0.493 e. The number of hydrogen-bond donors (Lipinski definition) is 2. The van der Waals surface area contributed by atoms with Crippen molar-refractivity contribution in [2.75, 3.05) is 20.2 Å². The number of nitrogens with one attached hydrogen (secondary N) is 1. The lowest BCUT2D eigenvalue weighted by Gasteiger charge is -2.20. The van der Waals surface area contributed by atoms with Crippen LogP contribution in [-0.2, 0) is 11.3 Å². The number of benzene rings is 1. The Balaban J connectivity index is 2.62. The molecule has 1 atom stereocenters. The Morgan fingerprint density at radius 1 is 1.45 bits per heavy atom. The van der Waals surface area contributed by atoms with Gasteiger partial charge in [0.2, 0.25) is 0 Å². The van der Waals surface area contributed by atoms with Crippen molar-refractivity contribution in [3.8, 4) is 5.75 Å². The zero-order valence-electron chi connectivity index (χ0n) is 12.9. The first-order chi connectivity index (χ1) is 10.3. The minimum absolute atomic E-state index is 0.139. The summed E-state index contributed by atoms with van der Waals surface area (Å²) >= 11 is 5.92. The van der Waals surface area contributed by atoms with E-state index >= 15 is 0 Å². The number of carbonyl (C=O) groups is 2. The van der Waals surface area contributed by atoms with Gasteiger partial charge in [0, 0.05) is 30.7 Å². The van der Waals surface area contributed by atoms with Crippen LogP contribution in [0.5, 0.6) is 5.75 Å². The van der Waals surface area contributed by atoms with Gasteiger partial charge in [-0.2, -0.15) is 0 Å². The second kappa shape index (κ2) is 8.48. The normalized spacial score (nSPS) is 11.6. The number of hydrogen-bond acceptors (Lipinski definition) is 3. The largest absolute Gasteiger partial charge is 0.493 e. The predicted octanol–water partition coefficient (Wildman–Crippen LogP) is 2.60. The number of carboxylic acids is 1. The molecular weight excluding hydrogens is 308 g/mol. The average Bonchev–Trinajstić information content (AvgIpc) is 2.46. The molecule has 122 valence electrons. The fraction of sp³-hybridized carbons (Fsp3) is 0.467. The van der Waals surface area contributed by atoms with E-state index < -0.39 is 11.9 Å². The Hall–Kier alpha value is -1.95. The van der Waals surface area contributed by atoms with Crippen molar-refractivity contribution < 1.29 is 19.4 Å². The van der Waals surface area contributed by atoms with Gasteiger partial charge in [-0.05, 0) is 19.1 Å². The van der Waals surface area contributed by atoms with Crippen LogP contribution in [0, 0.1) is 5.92 Å². The quantitative estimate of drug-likeness (QED) is 0.806. The predicted molar refractivity (Wildman–Crippen MR) is 84.3 cm³/mol. The summed E-state index contributed by atoms with van der Waals surface area (Å²) < 4.78 is 5.48. The molecule has 0 fully saturated rings. The molecule has 0 spiro atoms. The molecular formula is C15H21ClN2O4. The maximum absolute atomic E-state index is 12.0. The molecule has 0 aliphatic rings. The van der Waals surface area contributed by atoms with Crippen molar-refractivity contribution >= 4 is 23.6 Å². The standard InChI is InChI=1S/C15H21ClN2O4/c1-4-22-13-7-12(16)6-5-11(13)8-17-15(21)18(3)9-10(2)14(19)20/h5-7,10H,4,8-9H2,1-3H3,(H,17,21)(H,19,20). The van der Waals surface area contributed by atoms with Crippen molar-refractivity contribution in [3.05, 3.63) is 28.8 Å². The van der Waals surface area contributed by atoms with E-state index in [1.165, 1.54) is 4.90 Å². The number of halogens is 1. The number of urea groups is 1. The first-order valence-corrected chi connectivity index (χ1v) is 7.36. The van der Waals surface area contributed by atoms with Crippen LogP contribution in [0.2, 0.25) is 5.02 Å². The summed E-state index contributed by atoms with van der Waals surface area (Å²) in [5, 5.41) is 12.1. The van der Waals surface area contributed by atoms with E-state index in [2.05, 4.69) is 5.32 Å². The Morgan fingerprint density at radius 2 is 2.14 bits per heavy atom. The molecule has 1 unspecified atom stereocenters. The Morgan fingerprint density at radius 3 is 2.73 bits per heavy atom. The zero-order chi connectivity index (χ0) is 16.7. The van der Waals surface area contributed by atoms with Gasteiger partial charge in [-0.15, -0.1) is 0 Å². The monoisotopic (exact) mass is 328 g/mol. The van der Waals surface area contributed by atoms with E-state index in [-0.39, 0.29) is 19.1 Å². The van der Waals surface area contributed by atoms with Crippen LogP contribution in [0.1, 0.15) is 19.4 Å². The third-order valence-electron chi connectivity index (χ3n) is 3.08. The van der Waals surface area contributed by atoms with Crippen molar-refractivity contribution in [2.45, 2.75) is 20.4 Å². The first-order valence-electron chi connectivity index (χ1n) is 6.98. The van der Waals surface area contributed by atoms with Crippen LogP contribution < -0.4 is 10.1 Å². The van der Waals surface area contributed by atoms with Gasteiger partial charge in [0.15, 0.2) is 0 Å². The summed E-state index contributed by atoms with van der Waals surface area (Å²) in [6.07, 6.45) is 0. The fourth-order valence-electron chi connectivity index (χ4n) is 1.84. The molecule has 7 heteroatoms. The lowest BCUT2D eigenvalue weighted by molar-refractivity contribution is -0.141. The van der Waals surface area contributed by atoms with Gasteiger partial charge in [-0.3, -0.25) is 4.79 Å². The third kappa shape index (κ3) is 5.44. The highest BCUT2D eigenvalue weighted by molar-refractivity contribution is 6.30. The Labute approximate surface area is 135 Å². The van der Waals surface area contributed by atoms with Gasteiger partial charge >= 0.3 is 12.0 Å². The van der Waals surface area contributed by atoms with Gasteiger partial charge in [0.05, 0.1) is 12.5 Å². The first kappa shape index (κ1) is 18.1. The molecule has 0 bridgehead atoms. The second-order valence-corrected chi connectivity index (χ2v) is 5.40. The van der Waals surface area contributed by atoms with Crippen molar-refractivity contribution in [2.24, 2.45) is 5.92 Å². The smallest absolute Gasteiger partial charge is 0.317 e. The molecule has 0 radical (unpaired) electrons. The third-order valence-corrected chi connectivity index (χ3v) is 3.31. The molecule has 2 amide bonds. The number of carboxylic acid groups (broad SMARTS) is 1. The minimum atomic E-state index is -0.934. The topological polar surface area (TPSA) is 78.9 Å². The lowest BCUT2D eigenvalue weighted by atomic mass is 10.2. The van der Waals surface area contributed by atoms with E-state index in [4.69, 9.17) is 21.4 Å². The molecule has 0 heterocycles. The van der Waals surface area contributed by atoms with Gasteiger partial charge in [0.1, 0.15) is 5.75 Å². The average molecular weight is 329 g/mol. The maximum atomic E-state index is 12.0. The van der Waals surface area contributed by atoms with E-state index in [9.17, 15) is 9.59 Å². The molecule has 0 aromatic heterocycles. The second-order valence-electron chi connectivity index (χ2n) is 4.96. The van der Waals surface area contributed by atoms with Crippen LogP contribution in [-0.4, -0.2) is 42.2 Å². The highest BCUT2D eigenvalue weighted by atomic mass is 35.5. The molecule has 6 nitrogen and oxygen atoms in total. The van der Waals surface area contributed by atoms with Crippen LogP contribution >= 0.6 is 11.6 Å².